The minimum atomic E-state index is -4.58. The fourth-order valence-electron chi connectivity index (χ4n) is 3.16. The van der Waals surface area contributed by atoms with Crippen molar-refractivity contribution in [1.29, 1.82) is 0 Å². The van der Waals surface area contributed by atoms with Crippen molar-refractivity contribution in [2.24, 2.45) is 0 Å². The number of aromatic nitrogens is 3. The van der Waals surface area contributed by atoms with Crippen molar-refractivity contribution in [3.05, 3.63) is 70.0 Å². The van der Waals surface area contributed by atoms with Crippen LogP contribution < -0.4 is 4.74 Å². The molecule has 1 aromatic carbocycles. The summed E-state index contributed by atoms with van der Waals surface area (Å²) in [4.78, 5) is 20.9. The Morgan fingerprint density at radius 3 is 2.55 bits per heavy atom. The largest absolute Gasteiger partial charge is 0.496 e. The predicted octanol–water partition coefficient (Wildman–Crippen LogP) is 4.99. The minimum Gasteiger partial charge on any atom is -0.496 e. The number of nitrogens with zero attached hydrogens (tertiary/aromatic N) is 3. The molecule has 2 aromatic heterocycles. The van der Waals surface area contributed by atoms with Gasteiger partial charge in [0.15, 0.2) is 5.78 Å². The fourth-order valence-corrected chi connectivity index (χ4v) is 3.36. The first kappa shape index (κ1) is 20.9. The molecule has 0 aliphatic heterocycles. The van der Waals surface area contributed by atoms with Crippen molar-refractivity contribution in [2.45, 2.75) is 26.4 Å². The molecular weight excluding hydrogens is 407 g/mol. The van der Waals surface area contributed by atoms with Gasteiger partial charge in [-0.15, -0.1) is 0 Å². The standard InChI is InChI=1S/C20H17ClF3N3O2/c1-11-19(16(28)8-13-6-7-25-18(21)9-13)26-12(2)27(11)14-4-5-17(29-3)15(10-14)20(22,23)24/h4-7,9-10H,8H2,1-3H3. The van der Waals surface area contributed by atoms with Gasteiger partial charge in [0.25, 0.3) is 0 Å². The third-order valence-electron chi connectivity index (χ3n) is 4.44. The van der Waals surface area contributed by atoms with Crippen molar-refractivity contribution in [3.63, 3.8) is 0 Å². The van der Waals surface area contributed by atoms with Crippen LogP contribution in [0.1, 0.15) is 33.1 Å². The van der Waals surface area contributed by atoms with Gasteiger partial charge in [-0.2, -0.15) is 13.2 Å². The lowest BCUT2D eigenvalue weighted by atomic mass is 10.1. The normalized spacial score (nSPS) is 11.6. The molecule has 0 radical (unpaired) electrons. The molecule has 0 saturated heterocycles. The summed E-state index contributed by atoms with van der Waals surface area (Å²) < 4.78 is 46.4. The van der Waals surface area contributed by atoms with Crippen LogP contribution in [0.15, 0.2) is 36.5 Å². The summed E-state index contributed by atoms with van der Waals surface area (Å²) in [7, 11) is 1.18. The molecule has 0 aliphatic rings. The van der Waals surface area contributed by atoms with Crippen molar-refractivity contribution in [2.75, 3.05) is 7.11 Å². The second-order valence-corrected chi connectivity index (χ2v) is 6.78. The number of benzene rings is 1. The van der Waals surface area contributed by atoms with Gasteiger partial charge in [-0.3, -0.25) is 4.79 Å². The fraction of sp³-hybridized carbons (Fsp3) is 0.250. The van der Waals surface area contributed by atoms with Crippen LogP contribution in [0.3, 0.4) is 0 Å². The summed E-state index contributed by atoms with van der Waals surface area (Å²) in [6, 6.07) is 6.97. The lowest BCUT2D eigenvalue weighted by Gasteiger charge is -2.15. The third-order valence-corrected chi connectivity index (χ3v) is 4.65. The Kier molecular flexibility index (Phi) is 5.66. The second kappa shape index (κ2) is 7.87. The Labute approximate surface area is 170 Å². The van der Waals surface area contributed by atoms with Gasteiger partial charge in [0, 0.05) is 18.3 Å². The summed E-state index contributed by atoms with van der Waals surface area (Å²) in [5.74, 6) is -0.143. The van der Waals surface area contributed by atoms with Crippen LogP contribution in [0.25, 0.3) is 5.69 Å². The lowest BCUT2D eigenvalue weighted by Crippen LogP contribution is -2.10. The number of carbonyl (C=O) groups is 1. The molecule has 0 fully saturated rings. The van der Waals surface area contributed by atoms with E-state index in [1.165, 1.54) is 30.0 Å². The van der Waals surface area contributed by atoms with E-state index in [0.717, 1.165) is 6.07 Å². The number of aryl methyl sites for hydroxylation is 1. The Bertz CT molecular complexity index is 1080. The van der Waals surface area contributed by atoms with E-state index in [2.05, 4.69) is 9.97 Å². The highest BCUT2D eigenvalue weighted by Crippen LogP contribution is 2.37. The number of ketones is 1. The highest BCUT2D eigenvalue weighted by molar-refractivity contribution is 6.29. The van der Waals surface area contributed by atoms with E-state index in [9.17, 15) is 18.0 Å². The molecule has 0 unspecified atom stereocenters. The van der Waals surface area contributed by atoms with Gasteiger partial charge >= 0.3 is 6.18 Å². The number of rotatable bonds is 5. The summed E-state index contributed by atoms with van der Waals surface area (Å²) >= 11 is 5.85. The zero-order valence-corrected chi connectivity index (χ0v) is 16.6. The predicted molar refractivity (Wildman–Crippen MR) is 102 cm³/mol. The zero-order valence-electron chi connectivity index (χ0n) is 15.8. The van der Waals surface area contributed by atoms with Gasteiger partial charge < -0.3 is 9.30 Å². The van der Waals surface area contributed by atoms with Gasteiger partial charge in [0.05, 0.1) is 18.4 Å². The van der Waals surface area contributed by atoms with E-state index >= 15 is 0 Å². The number of hydrogen-bond acceptors (Lipinski definition) is 4. The topological polar surface area (TPSA) is 57.0 Å². The first-order valence-electron chi connectivity index (χ1n) is 8.57. The second-order valence-electron chi connectivity index (χ2n) is 6.40. The number of methoxy groups -OCH3 is 1. The van der Waals surface area contributed by atoms with E-state index in [1.807, 2.05) is 0 Å². The highest BCUT2D eigenvalue weighted by Gasteiger charge is 2.35. The third kappa shape index (κ3) is 4.27. The Morgan fingerprint density at radius 1 is 1.21 bits per heavy atom. The Morgan fingerprint density at radius 2 is 1.93 bits per heavy atom. The number of alkyl halides is 3. The number of hydrogen-bond donors (Lipinski definition) is 0. The van der Waals surface area contributed by atoms with Crippen molar-refractivity contribution in [3.8, 4) is 11.4 Å². The van der Waals surface area contributed by atoms with Gasteiger partial charge in [0.2, 0.25) is 0 Å². The molecule has 152 valence electrons. The van der Waals surface area contributed by atoms with Crippen LogP contribution >= 0.6 is 11.6 Å². The summed E-state index contributed by atoms with van der Waals surface area (Å²) in [6.45, 7) is 3.27. The van der Waals surface area contributed by atoms with E-state index in [4.69, 9.17) is 16.3 Å². The first-order valence-corrected chi connectivity index (χ1v) is 8.94. The molecular formula is C20H17ClF3N3O2. The number of carbonyl (C=O) groups excluding carboxylic acids is 1. The maximum Gasteiger partial charge on any atom is 0.420 e. The maximum absolute atomic E-state index is 13.4. The van der Waals surface area contributed by atoms with E-state index < -0.39 is 11.7 Å². The Hall–Kier alpha value is -2.87. The molecule has 0 spiro atoms. The summed E-state index contributed by atoms with van der Waals surface area (Å²) in [5.41, 5.74) is 0.659. The number of imidazole rings is 1. The number of ether oxygens (including phenoxy) is 1. The number of Topliss-reactive ketones (excluding diaryl/α,β-unsaturated/α-hetero) is 1. The molecule has 0 bridgehead atoms. The van der Waals surface area contributed by atoms with Crippen LogP contribution in [0.2, 0.25) is 5.15 Å². The van der Waals surface area contributed by atoms with Crippen LogP contribution in [0.4, 0.5) is 13.2 Å². The number of halogens is 4. The molecule has 0 saturated carbocycles. The molecule has 29 heavy (non-hydrogen) atoms. The van der Waals surface area contributed by atoms with Gasteiger partial charge in [-0.25, -0.2) is 9.97 Å². The van der Waals surface area contributed by atoms with Crippen LogP contribution in [-0.2, 0) is 12.6 Å². The molecule has 0 N–H and O–H groups in total. The molecule has 0 atom stereocenters. The van der Waals surface area contributed by atoms with Crippen molar-refractivity contribution >= 4 is 17.4 Å². The Balaban J connectivity index is 2.01. The smallest absolute Gasteiger partial charge is 0.420 e. The SMILES string of the molecule is COc1ccc(-n2c(C)nc(C(=O)Cc3ccnc(Cl)c3)c2C)cc1C(F)(F)F. The maximum atomic E-state index is 13.4. The van der Waals surface area contributed by atoms with E-state index in [0.29, 0.717) is 17.1 Å². The molecule has 3 aromatic rings. The molecule has 5 nitrogen and oxygen atoms in total. The average molecular weight is 424 g/mol. The molecule has 0 amide bonds. The highest BCUT2D eigenvalue weighted by atomic mass is 35.5. The van der Waals surface area contributed by atoms with Gasteiger partial charge in [-0.1, -0.05) is 11.6 Å². The van der Waals surface area contributed by atoms with Crippen molar-refractivity contribution < 1.29 is 22.7 Å². The lowest BCUT2D eigenvalue weighted by molar-refractivity contribution is -0.138. The van der Waals surface area contributed by atoms with E-state index in [1.54, 1.807) is 26.0 Å². The minimum absolute atomic E-state index is 0.0515. The average Bonchev–Trinajstić information content (AvgIpc) is 2.95. The molecule has 9 heteroatoms. The van der Waals surface area contributed by atoms with Crippen molar-refractivity contribution in [1.82, 2.24) is 14.5 Å². The zero-order chi connectivity index (χ0) is 21.3. The van der Waals surface area contributed by atoms with Crippen LogP contribution in [-0.4, -0.2) is 27.4 Å². The first-order chi connectivity index (χ1) is 13.6. The monoisotopic (exact) mass is 423 g/mol. The van der Waals surface area contributed by atoms with E-state index in [-0.39, 0.29) is 34.5 Å². The molecule has 2 heterocycles. The molecule has 0 aliphatic carbocycles. The van der Waals surface area contributed by atoms with Crippen LogP contribution in [0, 0.1) is 13.8 Å². The van der Waals surface area contributed by atoms with Gasteiger partial charge in [0.1, 0.15) is 22.4 Å². The summed E-state index contributed by atoms with van der Waals surface area (Å²) in [5, 5.41) is 0.270. The quantitative estimate of drug-likeness (QED) is 0.428. The summed E-state index contributed by atoms with van der Waals surface area (Å²) in [6.07, 6.45) is -3.03. The van der Waals surface area contributed by atoms with Crippen LogP contribution in [0.5, 0.6) is 5.75 Å². The number of pyridine rings is 1. The van der Waals surface area contributed by atoms with Gasteiger partial charge in [-0.05, 0) is 49.7 Å². The molecule has 3 rings (SSSR count).